The molecule has 0 bridgehead atoms. The molecule has 0 spiro atoms. The van der Waals surface area contributed by atoms with Crippen LogP contribution in [0.5, 0.6) is 5.75 Å². The van der Waals surface area contributed by atoms with Crippen molar-refractivity contribution < 1.29 is 19.6 Å². The van der Waals surface area contributed by atoms with E-state index < -0.39 is 28.2 Å². The van der Waals surface area contributed by atoms with Gasteiger partial charge >= 0.3 is 5.69 Å². The number of carbonyl (C=O) groups is 2. The minimum absolute atomic E-state index is 0.00559. The zero-order chi connectivity index (χ0) is 19.5. The van der Waals surface area contributed by atoms with E-state index in [1.165, 1.54) is 36.4 Å². The number of hydrogen-bond acceptors (Lipinski definition) is 5. The number of anilines is 1. The number of nitro benzene ring substituents is 1. The molecule has 9 heteroatoms. The zero-order valence-corrected chi connectivity index (χ0v) is 14.8. The van der Waals surface area contributed by atoms with Crippen LogP contribution in [0.25, 0.3) is 10.8 Å². The van der Waals surface area contributed by atoms with Gasteiger partial charge in [0, 0.05) is 22.0 Å². The van der Waals surface area contributed by atoms with E-state index in [4.69, 9.17) is 23.2 Å². The first-order valence-electron chi connectivity index (χ1n) is 7.58. The highest BCUT2D eigenvalue weighted by atomic mass is 35.5. The van der Waals surface area contributed by atoms with Gasteiger partial charge in [-0.05, 0) is 30.3 Å². The van der Waals surface area contributed by atoms with Crippen molar-refractivity contribution >= 4 is 57.2 Å². The van der Waals surface area contributed by atoms with E-state index in [1.54, 1.807) is 0 Å². The summed E-state index contributed by atoms with van der Waals surface area (Å²) in [6.45, 7) is 0. The van der Waals surface area contributed by atoms with E-state index in [-0.39, 0.29) is 37.6 Å². The maximum atomic E-state index is 13.0. The topological polar surface area (TPSA) is 101 Å². The van der Waals surface area contributed by atoms with Gasteiger partial charge in [0.1, 0.15) is 0 Å². The van der Waals surface area contributed by atoms with E-state index in [2.05, 4.69) is 0 Å². The molecule has 0 radical (unpaired) electrons. The van der Waals surface area contributed by atoms with Crippen molar-refractivity contribution in [1.82, 2.24) is 0 Å². The number of aromatic hydroxyl groups is 1. The normalized spacial score (nSPS) is 13.3. The van der Waals surface area contributed by atoms with Gasteiger partial charge in [0.15, 0.2) is 5.75 Å². The Morgan fingerprint density at radius 2 is 1.70 bits per heavy atom. The molecule has 134 valence electrons. The number of nitro groups is 1. The first-order chi connectivity index (χ1) is 12.8. The van der Waals surface area contributed by atoms with Crippen LogP contribution in [0.4, 0.5) is 11.4 Å². The maximum Gasteiger partial charge on any atom is 0.318 e. The molecule has 0 aliphatic carbocycles. The summed E-state index contributed by atoms with van der Waals surface area (Å²) in [5.41, 5.74) is -0.439. The lowest BCUT2D eigenvalue weighted by atomic mass is 9.92. The van der Waals surface area contributed by atoms with E-state index in [1.807, 2.05) is 0 Å². The summed E-state index contributed by atoms with van der Waals surface area (Å²) in [7, 11) is 0. The van der Waals surface area contributed by atoms with Crippen LogP contribution < -0.4 is 4.90 Å². The predicted molar refractivity (Wildman–Crippen MR) is 99.9 cm³/mol. The quantitative estimate of drug-likeness (QED) is 0.384. The molecule has 27 heavy (non-hydrogen) atoms. The van der Waals surface area contributed by atoms with E-state index in [9.17, 15) is 24.8 Å². The van der Waals surface area contributed by atoms with Crippen molar-refractivity contribution in [1.29, 1.82) is 0 Å². The Labute approximate surface area is 161 Å². The molecule has 1 aliphatic heterocycles. The van der Waals surface area contributed by atoms with Crippen molar-refractivity contribution in [3.63, 3.8) is 0 Å². The fourth-order valence-corrected chi connectivity index (χ4v) is 3.57. The van der Waals surface area contributed by atoms with Crippen LogP contribution in [0.2, 0.25) is 10.0 Å². The van der Waals surface area contributed by atoms with Crippen LogP contribution in [-0.2, 0) is 0 Å². The molecule has 3 aromatic carbocycles. The molecule has 0 saturated heterocycles. The van der Waals surface area contributed by atoms with Crippen molar-refractivity contribution in [2.75, 3.05) is 4.90 Å². The molecule has 1 N–H and O–H groups in total. The molecule has 3 aromatic rings. The van der Waals surface area contributed by atoms with Crippen molar-refractivity contribution in [3.05, 3.63) is 73.8 Å². The van der Waals surface area contributed by atoms with Crippen LogP contribution in [-0.4, -0.2) is 21.8 Å². The zero-order valence-electron chi connectivity index (χ0n) is 13.3. The molecule has 1 heterocycles. The van der Waals surface area contributed by atoms with Gasteiger partial charge in [0.2, 0.25) is 0 Å². The summed E-state index contributed by atoms with van der Waals surface area (Å²) < 4.78 is 0. The lowest BCUT2D eigenvalue weighted by Crippen LogP contribution is -2.40. The van der Waals surface area contributed by atoms with Gasteiger partial charge in [0.25, 0.3) is 11.8 Å². The molecule has 7 nitrogen and oxygen atoms in total. The van der Waals surface area contributed by atoms with Crippen molar-refractivity contribution in [2.24, 2.45) is 0 Å². The molecule has 1 aliphatic rings. The summed E-state index contributed by atoms with van der Waals surface area (Å²) in [5.74, 6) is -2.13. The number of hydrogen-bond donors (Lipinski definition) is 1. The minimum atomic E-state index is -0.766. The number of nitrogens with zero attached hydrogens (tertiary/aromatic N) is 2. The highest BCUT2D eigenvalue weighted by Crippen LogP contribution is 2.43. The van der Waals surface area contributed by atoms with Gasteiger partial charge in [-0.1, -0.05) is 29.3 Å². The Balaban J connectivity index is 2.06. The molecular weight excluding hydrogens is 395 g/mol. The predicted octanol–water partition coefficient (Wildman–Crippen LogP) is 4.56. The average Bonchev–Trinajstić information content (AvgIpc) is 2.61. The van der Waals surface area contributed by atoms with Crippen LogP contribution >= 0.6 is 23.2 Å². The molecule has 4 rings (SSSR count). The molecular formula is C18H8Cl2N2O5. The van der Waals surface area contributed by atoms with E-state index >= 15 is 0 Å². The fraction of sp³-hybridized carbons (Fsp3) is 0. The molecule has 2 amide bonds. The van der Waals surface area contributed by atoms with Crippen molar-refractivity contribution in [2.45, 2.75) is 0 Å². The highest BCUT2D eigenvalue weighted by Gasteiger charge is 2.38. The summed E-state index contributed by atoms with van der Waals surface area (Å²) in [5, 5.41) is 21.9. The Morgan fingerprint density at radius 3 is 2.41 bits per heavy atom. The Kier molecular flexibility index (Phi) is 3.80. The summed E-state index contributed by atoms with van der Waals surface area (Å²) in [6, 6.07) is 9.59. The van der Waals surface area contributed by atoms with Gasteiger partial charge in [-0.2, -0.15) is 0 Å². The summed E-state index contributed by atoms with van der Waals surface area (Å²) in [6.07, 6.45) is 0. The van der Waals surface area contributed by atoms with Gasteiger partial charge in [-0.25, -0.2) is 4.90 Å². The number of imide groups is 1. The minimum Gasteiger partial charge on any atom is -0.502 e. The molecule has 0 saturated carbocycles. The Morgan fingerprint density at radius 1 is 1.00 bits per heavy atom. The van der Waals surface area contributed by atoms with Crippen LogP contribution in [0.1, 0.15) is 20.7 Å². The number of phenols is 1. The number of amides is 2. The number of halogens is 2. The first kappa shape index (κ1) is 17.3. The van der Waals surface area contributed by atoms with Gasteiger partial charge in [0.05, 0.1) is 26.6 Å². The monoisotopic (exact) mass is 402 g/mol. The van der Waals surface area contributed by atoms with Gasteiger partial charge < -0.3 is 5.11 Å². The number of rotatable bonds is 2. The summed E-state index contributed by atoms with van der Waals surface area (Å²) in [4.78, 5) is 37.5. The second kappa shape index (κ2) is 5.94. The molecule has 0 fully saturated rings. The SMILES string of the molecule is O=C1c2cccc3c([N+](=O)[O-])c(O)cc(c23)C(=O)N1c1cc(Cl)ccc1Cl. The standard InChI is InChI=1S/C18H8Cl2N2O5/c19-8-4-5-12(20)13(6-8)21-17(24)10-3-1-2-9-15(10)11(18(21)25)7-14(23)16(9)22(26)27/h1-7,23H. The molecule has 0 unspecified atom stereocenters. The smallest absolute Gasteiger partial charge is 0.318 e. The number of benzene rings is 3. The largest absolute Gasteiger partial charge is 0.502 e. The van der Waals surface area contributed by atoms with Gasteiger partial charge in [-0.3, -0.25) is 19.7 Å². The second-order valence-corrected chi connectivity index (χ2v) is 6.66. The third-order valence-electron chi connectivity index (χ3n) is 4.31. The lowest BCUT2D eigenvalue weighted by molar-refractivity contribution is -0.384. The van der Waals surface area contributed by atoms with E-state index in [0.29, 0.717) is 0 Å². The average molecular weight is 403 g/mol. The lowest BCUT2D eigenvalue weighted by Gasteiger charge is -2.28. The van der Waals surface area contributed by atoms with Gasteiger partial charge in [-0.15, -0.1) is 0 Å². The number of phenolic OH excluding ortho intramolecular Hbond substituents is 1. The summed E-state index contributed by atoms with van der Waals surface area (Å²) >= 11 is 12.1. The van der Waals surface area contributed by atoms with Crippen LogP contribution in [0.3, 0.4) is 0 Å². The van der Waals surface area contributed by atoms with E-state index in [0.717, 1.165) is 11.0 Å². The Bertz CT molecular complexity index is 1190. The van der Waals surface area contributed by atoms with Crippen LogP contribution in [0.15, 0.2) is 42.5 Å². The number of carbonyl (C=O) groups excluding carboxylic acids is 2. The maximum absolute atomic E-state index is 13.0. The van der Waals surface area contributed by atoms with Crippen LogP contribution in [0, 0.1) is 10.1 Å². The molecule has 0 atom stereocenters. The second-order valence-electron chi connectivity index (χ2n) is 5.82. The highest BCUT2D eigenvalue weighted by molar-refractivity contribution is 6.41. The first-order valence-corrected chi connectivity index (χ1v) is 8.33. The van der Waals surface area contributed by atoms with Crippen molar-refractivity contribution in [3.8, 4) is 5.75 Å². The third kappa shape index (κ3) is 2.43. The molecule has 0 aromatic heterocycles. The third-order valence-corrected chi connectivity index (χ3v) is 4.87. The Hall–Kier alpha value is -3.16. The fourth-order valence-electron chi connectivity index (χ4n) is 3.20.